The van der Waals surface area contributed by atoms with E-state index >= 15 is 0 Å². The summed E-state index contributed by atoms with van der Waals surface area (Å²) < 4.78 is 0. The normalized spacial score (nSPS) is 33.0. The quantitative estimate of drug-likeness (QED) is 0.508. The Hall–Kier alpha value is -2.18. The first kappa shape index (κ1) is 12.6. The fourth-order valence-corrected chi connectivity index (χ4v) is 3.91. The highest BCUT2D eigenvalue weighted by atomic mass is 16.8. The number of imide groups is 1. The molecule has 1 saturated carbocycles. The van der Waals surface area contributed by atoms with Crippen LogP contribution in [0.15, 0.2) is 36.4 Å². The lowest BCUT2D eigenvalue weighted by atomic mass is 9.85. The number of rotatable bonds is 2. The smallest absolute Gasteiger partial charge is 0.238 e. The number of allylic oxidation sites excluding steroid dienone is 2. The minimum atomic E-state index is -0.277. The van der Waals surface area contributed by atoms with E-state index < -0.39 is 0 Å². The molecule has 0 unspecified atom stereocenters. The Morgan fingerprint density at radius 2 is 1.76 bits per heavy atom. The maximum absolute atomic E-state index is 12.6. The maximum Gasteiger partial charge on any atom is 0.238 e. The summed E-state index contributed by atoms with van der Waals surface area (Å²) in [6.45, 7) is 0. The molecule has 4 rings (SSSR count). The molecule has 1 aliphatic heterocycles. The monoisotopic (exact) mass is 285 g/mol. The Bertz CT molecular complexity index is 639. The van der Waals surface area contributed by atoms with Gasteiger partial charge in [0.15, 0.2) is 0 Å². The Morgan fingerprint density at radius 1 is 1.14 bits per heavy atom. The minimum absolute atomic E-state index is 0.00810. The van der Waals surface area contributed by atoms with Gasteiger partial charge in [-0.15, -0.1) is 0 Å². The van der Waals surface area contributed by atoms with Crippen molar-refractivity contribution < 1.29 is 14.8 Å². The van der Waals surface area contributed by atoms with Crippen LogP contribution in [0.1, 0.15) is 6.42 Å². The van der Waals surface area contributed by atoms with Crippen molar-refractivity contribution in [1.82, 2.24) is 0 Å². The van der Waals surface area contributed by atoms with Crippen molar-refractivity contribution in [3.05, 3.63) is 41.6 Å². The van der Waals surface area contributed by atoms with Gasteiger partial charge in [0.25, 0.3) is 0 Å². The van der Waals surface area contributed by atoms with Crippen molar-refractivity contribution in [3.8, 4) is 0 Å². The molecule has 0 radical (unpaired) electrons. The summed E-state index contributed by atoms with van der Waals surface area (Å²) in [5.41, 5.74) is 0.331. The molecular formula is C15H13N2O4-. The average Bonchev–Trinajstić information content (AvgIpc) is 3.13. The van der Waals surface area contributed by atoms with Gasteiger partial charge in [0.05, 0.1) is 23.2 Å². The summed E-state index contributed by atoms with van der Waals surface area (Å²) >= 11 is 0. The summed E-state index contributed by atoms with van der Waals surface area (Å²) in [6, 6.07) is 5.89. The Balaban J connectivity index is 1.73. The Kier molecular flexibility index (Phi) is 2.49. The molecule has 2 amide bonds. The van der Waals surface area contributed by atoms with Gasteiger partial charge in [0.2, 0.25) is 11.8 Å². The molecule has 2 aliphatic carbocycles. The van der Waals surface area contributed by atoms with Crippen LogP contribution in [0, 0.1) is 28.9 Å². The molecule has 1 aromatic rings. The maximum atomic E-state index is 12.6. The van der Waals surface area contributed by atoms with Gasteiger partial charge in [-0.05, 0) is 36.5 Å². The molecule has 1 heterocycles. The molecule has 6 heteroatoms. The van der Waals surface area contributed by atoms with Crippen molar-refractivity contribution in [2.45, 2.75) is 6.42 Å². The van der Waals surface area contributed by atoms with Crippen LogP contribution in [0.5, 0.6) is 0 Å². The summed E-state index contributed by atoms with van der Waals surface area (Å²) in [5, 5.41) is 19.6. The molecule has 2 bridgehead atoms. The number of carbonyl (C=O) groups excluding carboxylic acids is 2. The van der Waals surface area contributed by atoms with Crippen LogP contribution < -0.4 is 10.1 Å². The molecule has 4 atom stereocenters. The first-order chi connectivity index (χ1) is 10.1. The van der Waals surface area contributed by atoms with Crippen molar-refractivity contribution in [2.24, 2.45) is 23.7 Å². The van der Waals surface area contributed by atoms with Crippen LogP contribution in [-0.2, 0) is 9.59 Å². The highest BCUT2D eigenvalue weighted by Crippen LogP contribution is 2.53. The fourth-order valence-electron chi connectivity index (χ4n) is 3.91. The number of anilines is 2. The van der Waals surface area contributed by atoms with Crippen LogP contribution in [0.25, 0.3) is 0 Å². The Morgan fingerprint density at radius 3 is 2.33 bits per heavy atom. The fraction of sp³-hybridized carbons (Fsp3) is 0.333. The third-order valence-electron chi connectivity index (χ3n) is 4.78. The molecule has 108 valence electrons. The number of amides is 2. The number of benzene rings is 1. The van der Waals surface area contributed by atoms with E-state index in [0.29, 0.717) is 5.69 Å². The van der Waals surface area contributed by atoms with Gasteiger partial charge in [-0.25, -0.2) is 4.90 Å². The van der Waals surface area contributed by atoms with Crippen LogP contribution in [0.2, 0.25) is 0 Å². The van der Waals surface area contributed by atoms with E-state index in [9.17, 15) is 14.8 Å². The van der Waals surface area contributed by atoms with E-state index in [4.69, 9.17) is 5.21 Å². The molecular weight excluding hydrogens is 272 g/mol. The van der Waals surface area contributed by atoms with Gasteiger partial charge in [-0.3, -0.25) is 14.8 Å². The molecule has 1 saturated heterocycles. The summed E-state index contributed by atoms with van der Waals surface area (Å²) in [6.07, 6.45) is 4.94. The van der Waals surface area contributed by atoms with Gasteiger partial charge in [0.1, 0.15) is 0 Å². The number of hydrogen-bond donors (Lipinski definition) is 1. The van der Waals surface area contributed by atoms with Gasteiger partial charge in [-0.1, -0.05) is 18.2 Å². The first-order valence-corrected chi connectivity index (χ1v) is 6.90. The topological polar surface area (TPSA) is 83.9 Å². The van der Waals surface area contributed by atoms with Gasteiger partial charge in [0, 0.05) is 0 Å². The standard InChI is InChI=1S/C15H13N2O4/c18-14-12-8-4-5-9(6-8)13(12)15(19)16(14)10-2-1-3-11(7-10)17(20)21/h1-5,7-9,12-13,20H,6H2/q-1/t8-,9-,12-,13+/m1/s1. The predicted octanol–water partition coefficient (Wildman–Crippen LogP) is 1.69. The Labute approximate surface area is 120 Å². The van der Waals surface area contributed by atoms with Gasteiger partial charge in [-0.2, -0.15) is 0 Å². The molecule has 6 nitrogen and oxygen atoms in total. The molecule has 3 aliphatic rings. The second-order valence-corrected chi connectivity index (χ2v) is 5.80. The number of fused-ring (bicyclic) bond motifs is 5. The summed E-state index contributed by atoms with van der Waals surface area (Å²) in [5.74, 6) is -0.636. The minimum Gasteiger partial charge on any atom is -0.733 e. The van der Waals surface area contributed by atoms with E-state index in [1.54, 1.807) is 6.07 Å². The van der Waals surface area contributed by atoms with Crippen LogP contribution >= 0.6 is 0 Å². The number of carbonyl (C=O) groups is 2. The van der Waals surface area contributed by atoms with Crippen molar-refractivity contribution in [1.29, 1.82) is 0 Å². The second-order valence-electron chi connectivity index (χ2n) is 5.80. The van der Waals surface area contributed by atoms with E-state index in [1.165, 1.54) is 18.2 Å². The summed E-state index contributed by atoms with van der Waals surface area (Å²) in [7, 11) is 0. The molecule has 1 N–H and O–H groups in total. The highest BCUT2D eigenvalue weighted by molar-refractivity contribution is 6.22. The lowest BCUT2D eigenvalue weighted by molar-refractivity contribution is -0.123. The second kappa shape index (κ2) is 4.16. The van der Waals surface area contributed by atoms with Crippen LogP contribution in [0.4, 0.5) is 11.4 Å². The average molecular weight is 285 g/mol. The van der Waals surface area contributed by atoms with E-state index in [0.717, 1.165) is 11.3 Å². The zero-order chi connectivity index (χ0) is 14.7. The van der Waals surface area contributed by atoms with Crippen LogP contribution in [0.3, 0.4) is 0 Å². The lowest BCUT2D eigenvalue weighted by Crippen LogP contribution is -2.32. The molecule has 0 aromatic heterocycles. The summed E-state index contributed by atoms with van der Waals surface area (Å²) in [4.78, 5) is 26.3. The molecule has 1 aromatic carbocycles. The zero-order valence-corrected chi connectivity index (χ0v) is 11.0. The van der Waals surface area contributed by atoms with Crippen molar-refractivity contribution in [3.63, 3.8) is 0 Å². The third kappa shape index (κ3) is 1.60. The highest BCUT2D eigenvalue weighted by Gasteiger charge is 2.59. The largest absolute Gasteiger partial charge is 0.733 e. The van der Waals surface area contributed by atoms with Crippen molar-refractivity contribution in [2.75, 3.05) is 10.1 Å². The van der Waals surface area contributed by atoms with E-state index in [1.807, 2.05) is 12.2 Å². The first-order valence-electron chi connectivity index (χ1n) is 6.90. The SMILES string of the molecule is O=C1[C@@H]2[C@H](C(=O)N1c1cccc(N([O-])O)c1)[C@@H]1C=C[C@@H]2C1. The van der Waals surface area contributed by atoms with Crippen LogP contribution in [-0.4, -0.2) is 17.0 Å². The molecule has 21 heavy (non-hydrogen) atoms. The zero-order valence-electron chi connectivity index (χ0n) is 11.0. The van der Waals surface area contributed by atoms with Gasteiger partial charge < -0.3 is 10.4 Å². The van der Waals surface area contributed by atoms with E-state index in [-0.39, 0.29) is 46.4 Å². The lowest BCUT2D eigenvalue weighted by Gasteiger charge is -2.24. The number of hydrogen-bond acceptors (Lipinski definition) is 5. The predicted molar refractivity (Wildman–Crippen MR) is 74.3 cm³/mol. The number of nitrogens with zero attached hydrogens (tertiary/aromatic N) is 2. The molecule has 0 spiro atoms. The van der Waals surface area contributed by atoms with E-state index in [2.05, 4.69) is 0 Å². The third-order valence-corrected chi connectivity index (χ3v) is 4.78. The van der Waals surface area contributed by atoms with Gasteiger partial charge >= 0.3 is 0 Å². The van der Waals surface area contributed by atoms with Crippen molar-refractivity contribution >= 4 is 23.2 Å². The molecule has 2 fully saturated rings.